The second kappa shape index (κ2) is 8.98. The Balaban J connectivity index is 1.27. The number of nitriles is 1. The summed E-state index contributed by atoms with van der Waals surface area (Å²) in [6.07, 6.45) is 6.39. The minimum absolute atomic E-state index is 0.175. The van der Waals surface area contributed by atoms with E-state index in [2.05, 4.69) is 21.5 Å². The topological polar surface area (TPSA) is 110 Å². The number of anilines is 1. The summed E-state index contributed by atoms with van der Waals surface area (Å²) in [6.45, 7) is 0.542. The Bertz CT molecular complexity index is 1350. The number of rotatable bonds is 5. The smallest absolute Gasteiger partial charge is 0.257 e. The van der Waals surface area contributed by atoms with E-state index < -0.39 is 0 Å². The summed E-state index contributed by atoms with van der Waals surface area (Å²) in [5.74, 6) is -0.175. The van der Waals surface area contributed by atoms with Crippen LogP contribution < -0.4 is 11.1 Å². The highest BCUT2D eigenvalue weighted by Crippen LogP contribution is 2.29. The van der Waals surface area contributed by atoms with Crippen LogP contribution in [0.3, 0.4) is 0 Å². The fraction of sp³-hybridized carbons (Fsp3) is 0.200. The molecule has 1 aliphatic carbocycles. The van der Waals surface area contributed by atoms with Gasteiger partial charge in [-0.2, -0.15) is 10.4 Å². The first-order chi connectivity index (χ1) is 16.1. The molecule has 2 aromatic carbocycles. The Morgan fingerprint density at radius 2 is 2.09 bits per heavy atom. The van der Waals surface area contributed by atoms with Crippen LogP contribution in [-0.2, 0) is 19.4 Å². The highest BCUT2D eigenvalue weighted by Gasteiger charge is 2.21. The van der Waals surface area contributed by atoms with Crippen molar-refractivity contribution in [3.8, 4) is 17.2 Å². The molecule has 8 heteroatoms. The summed E-state index contributed by atoms with van der Waals surface area (Å²) in [4.78, 5) is 18.6. The lowest BCUT2D eigenvalue weighted by Crippen LogP contribution is -2.27. The van der Waals surface area contributed by atoms with Crippen LogP contribution in [0.1, 0.15) is 38.5 Å². The van der Waals surface area contributed by atoms with E-state index in [0.29, 0.717) is 22.8 Å². The number of amides is 1. The summed E-state index contributed by atoms with van der Waals surface area (Å²) in [7, 11) is 0. The molecule has 4 aromatic rings. The highest BCUT2D eigenvalue weighted by atomic mass is 32.1. The van der Waals surface area contributed by atoms with Crippen LogP contribution in [0.5, 0.6) is 0 Å². The predicted octanol–water partition coefficient (Wildman–Crippen LogP) is 3.99. The summed E-state index contributed by atoms with van der Waals surface area (Å²) in [5, 5.41) is 17.0. The van der Waals surface area contributed by atoms with Crippen molar-refractivity contribution in [1.29, 1.82) is 5.26 Å². The molecule has 5 rings (SSSR count). The molecule has 2 heterocycles. The van der Waals surface area contributed by atoms with Crippen molar-refractivity contribution in [3.63, 3.8) is 0 Å². The number of hydrogen-bond donors (Lipinski definition) is 2. The minimum Gasteiger partial charge on any atom is -0.327 e. The molecule has 1 atom stereocenters. The Morgan fingerprint density at radius 1 is 1.24 bits per heavy atom. The number of benzene rings is 2. The maximum Gasteiger partial charge on any atom is 0.257 e. The van der Waals surface area contributed by atoms with Crippen molar-refractivity contribution in [1.82, 2.24) is 14.8 Å². The predicted molar refractivity (Wildman–Crippen MR) is 128 cm³/mol. The molecule has 3 N–H and O–H groups in total. The summed E-state index contributed by atoms with van der Waals surface area (Å²) < 4.78 is 1.84. The molecule has 0 radical (unpaired) electrons. The van der Waals surface area contributed by atoms with Gasteiger partial charge in [0, 0.05) is 28.2 Å². The van der Waals surface area contributed by atoms with Crippen molar-refractivity contribution in [3.05, 3.63) is 88.2 Å². The number of carbonyl (C=O) groups is 1. The van der Waals surface area contributed by atoms with Crippen LogP contribution in [0, 0.1) is 11.3 Å². The van der Waals surface area contributed by atoms with E-state index in [-0.39, 0.29) is 11.9 Å². The Labute approximate surface area is 195 Å². The van der Waals surface area contributed by atoms with Gasteiger partial charge in [-0.25, -0.2) is 4.98 Å². The number of aryl methyl sites for hydroxylation is 1. The molecule has 1 unspecified atom stereocenters. The van der Waals surface area contributed by atoms with Crippen molar-refractivity contribution < 1.29 is 4.79 Å². The zero-order valence-electron chi connectivity index (χ0n) is 17.9. The van der Waals surface area contributed by atoms with E-state index in [0.717, 1.165) is 41.6 Å². The van der Waals surface area contributed by atoms with Crippen LogP contribution in [0.4, 0.5) is 5.13 Å². The van der Waals surface area contributed by atoms with Gasteiger partial charge in [-0.05, 0) is 54.7 Å². The molecule has 0 spiro atoms. The van der Waals surface area contributed by atoms with Crippen molar-refractivity contribution >= 4 is 22.4 Å². The van der Waals surface area contributed by atoms with Gasteiger partial charge in [0.15, 0.2) is 5.13 Å². The monoisotopic (exact) mass is 454 g/mol. The maximum atomic E-state index is 12.8. The van der Waals surface area contributed by atoms with E-state index in [1.54, 1.807) is 24.4 Å². The number of nitrogens with one attached hydrogen (secondary N) is 1. The minimum atomic E-state index is -0.175. The average Bonchev–Trinajstić information content (AvgIpc) is 3.45. The van der Waals surface area contributed by atoms with Gasteiger partial charge >= 0.3 is 0 Å². The van der Waals surface area contributed by atoms with E-state index in [9.17, 15) is 4.79 Å². The fourth-order valence-electron chi connectivity index (χ4n) is 3.96. The lowest BCUT2D eigenvalue weighted by atomic mass is 9.99. The Hall–Kier alpha value is -3.80. The SMILES string of the molecule is N#Cc1ccc(-c2cnn(Cc3cccc(C(=O)Nc4nc5c(s4)CC(N)CC5)c3)c2)cc1. The second-order valence-corrected chi connectivity index (χ2v) is 9.25. The third kappa shape index (κ3) is 4.70. The molecule has 2 aromatic heterocycles. The fourth-order valence-corrected chi connectivity index (χ4v) is 5.05. The highest BCUT2D eigenvalue weighted by molar-refractivity contribution is 7.15. The number of aromatic nitrogens is 3. The third-order valence-electron chi connectivity index (χ3n) is 5.71. The molecule has 1 amide bonds. The molecule has 1 aliphatic rings. The average molecular weight is 455 g/mol. The van der Waals surface area contributed by atoms with Crippen molar-refractivity contribution in [2.24, 2.45) is 5.73 Å². The normalized spacial score (nSPS) is 15.0. The van der Waals surface area contributed by atoms with Gasteiger partial charge in [0.25, 0.3) is 5.91 Å². The molecule has 0 fully saturated rings. The molecule has 33 heavy (non-hydrogen) atoms. The van der Waals surface area contributed by atoms with Crippen molar-refractivity contribution in [2.75, 3.05) is 5.32 Å². The number of nitrogens with zero attached hydrogens (tertiary/aromatic N) is 4. The summed E-state index contributed by atoms with van der Waals surface area (Å²) in [6, 6.07) is 17.2. The number of carbonyl (C=O) groups excluding carboxylic acids is 1. The molecule has 0 bridgehead atoms. The first-order valence-corrected chi connectivity index (χ1v) is 11.6. The largest absolute Gasteiger partial charge is 0.327 e. The lowest BCUT2D eigenvalue weighted by molar-refractivity contribution is 0.102. The van der Waals surface area contributed by atoms with Gasteiger partial charge in [-0.3, -0.25) is 14.8 Å². The molecular formula is C25H22N6OS. The number of hydrogen-bond acceptors (Lipinski definition) is 6. The van der Waals surface area contributed by atoms with Gasteiger partial charge in [0.1, 0.15) is 0 Å². The zero-order chi connectivity index (χ0) is 22.8. The van der Waals surface area contributed by atoms with Gasteiger partial charge < -0.3 is 5.73 Å². The van der Waals surface area contributed by atoms with E-state index >= 15 is 0 Å². The maximum absolute atomic E-state index is 12.8. The second-order valence-electron chi connectivity index (χ2n) is 8.16. The van der Waals surface area contributed by atoms with Crippen LogP contribution in [0.15, 0.2) is 60.9 Å². The molecular weight excluding hydrogens is 432 g/mol. The molecule has 0 saturated heterocycles. The van der Waals surface area contributed by atoms with E-state index in [1.807, 2.05) is 41.2 Å². The molecule has 164 valence electrons. The third-order valence-corrected chi connectivity index (χ3v) is 6.75. The van der Waals surface area contributed by atoms with Crippen LogP contribution >= 0.6 is 11.3 Å². The van der Waals surface area contributed by atoms with E-state index in [1.165, 1.54) is 16.2 Å². The summed E-state index contributed by atoms with van der Waals surface area (Å²) >= 11 is 1.52. The van der Waals surface area contributed by atoms with Gasteiger partial charge in [0.05, 0.1) is 30.1 Å². The first kappa shape index (κ1) is 21.1. The van der Waals surface area contributed by atoms with Crippen LogP contribution in [0.2, 0.25) is 0 Å². The summed E-state index contributed by atoms with van der Waals surface area (Å²) in [5.41, 5.74) is 11.3. The number of nitrogens with two attached hydrogens (primary N) is 1. The molecule has 7 nitrogen and oxygen atoms in total. The molecule has 0 aliphatic heterocycles. The molecule has 0 saturated carbocycles. The van der Waals surface area contributed by atoms with Crippen LogP contribution in [0.25, 0.3) is 11.1 Å². The van der Waals surface area contributed by atoms with Gasteiger partial charge in [-0.15, -0.1) is 11.3 Å². The quantitative estimate of drug-likeness (QED) is 0.474. The van der Waals surface area contributed by atoms with Crippen molar-refractivity contribution in [2.45, 2.75) is 31.8 Å². The number of thiazole rings is 1. The van der Waals surface area contributed by atoms with Gasteiger partial charge in [-0.1, -0.05) is 24.3 Å². The number of fused-ring (bicyclic) bond motifs is 1. The van der Waals surface area contributed by atoms with Gasteiger partial charge in [0.2, 0.25) is 0 Å². The standard InChI is InChI=1S/C25H22N6OS/c26-12-16-4-6-18(7-5-16)20-13-28-31(15-20)14-17-2-1-3-19(10-17)24(32)30-25-29-22-9-8-21(27)11-23(22)33-25/h1-7,10,13,15,21H,8-9,11,14,27H2,(H,29,30,32). The Kier molecular flexibility index (Phi) is 5.73. The lowest BCUT2D eigenvalue weighted by Gasteiger charge is -2.15. The van der Waals surface area contributed by atoms with Crippen LogP contribution in [-0.4, -0.2) is 26.7 Å². The zero-order valence-corrected chi connectivity index (χ0v) is 18.7. The first-order valence-electron chi connectivity index (χ1n) is 10.7. The van der Waals surface area contributed by atoms with E-state index in [4.69, 9.17) is 11.0 Å². The Morgan fingerprint density at radius 3 is 2.91 bits per heavy atom.